The second-order valence-corrected chi connectivity index (χ2v) is 10.7. The largest absolute Gasteiger partial charge is 0.393 e. The molecule has 0 amide bonds. The van der Waals surface area contributed by atoms with Crippen LogP contribution in [0.2, 0.25) is 0 Å². The summed E-state index contributed by atoms with van der Waals surface area (Å²) in [6, 6.07) is 0. The Morgan fingerprint density at radius 3 is 2.52 bits per heavy atom. The molecule has 27 heavy (non-hydrogen) atoms. The summed E-state index contributed by atoms with van der Waals surface area (Å²) < 4.78 is 0. The Morgan fingerprint density at radius 1 is 1.00 bits per heavy atom. The van der Waals surface area contributed by atoms with Gasteiger partial charge in [0.15, 0.2) is 0 Å². The second-order valence-electron chi connectivity index (χ2n) is 10.7. The third-order valence-corrected chi connectivity index (χ3v) is 9.83. The highest BCUT2D eigenvalue weighted by Gasteiger charge is 2.65. The van der Waals surface area contributed by atoms with Crippen LogP contribution in [-0.4, -0.2) is 39.9 Å². The number of carbonyl (C=O) groups excluding carboxylic acids is 1. The summed E-state index contributed by atoms with van der Waals surface area (Å²) in [4.78, 5) is 10.7. The van der Waals surface area contributed by atoms with Crippen LogP contribution in [0.15, 0.2) is 0 Å². The van der Waals surface area contributed by atoms with E-state index < -0.39 is 0 Å². The molecule has 10 atom stereocenters. The van der Waals surface area contributed by atoms with Crippen molar-refractivity contribution >= 4 is 6.29 Å². The van der Waals surface area contributed by atoms with Crippen molar-refractivity contribution in [2.45, 2.75) is 96.4 Å². The molecule has 0 bridgehead atoms. The zero-order valence-corrected chi connectivity index (χ0v) is 17.0. The number of carbonyl (C=O) groups is 1. The number of rotatable bonds is 4. The lowest BCUT2D eigenvalue weighted by Gasteiger charge is -2.63. The van der Waals surface area contributed by atoms with Gasteiger partial charge in [-0.2, -0.15) is 0 Å². The average Bonchev–Trinajstić information content (AvgIpc) is 2.96. The standard InChI is InChI=1S/C23H38O4/c1-22-9-8-16(25)11-15(22)12-19(26)21-17-7-6-14(5-3-4-10-24)23(17,2)20(27)13-18(21)22/h10,14-21,25-27H,3-9,11-13H2,1-2H3/t14-,15?,16?,17?,18?,19?,20?,21?,22-,23+/m0/s1. The Bertz CT molecular complexity index is 565. The van der Waals surface area contributed by atoms with E-state index in [0.29, 0.717) is 30.1 Å². The molecule has 0 aromatic carbocycles. The molecule has 4 aliphatic carbocycles. The summed E-state index contributed by atoms with van der Waals surface area (Å²) in [6.07, 6.45) is 9.22. The smallest absolute Gasteiger partial charge is 0.119 e. The fourth-order valence-corrected chi connectivity index (χ4v) is 8.21. The number of hydrogen-bond donors (Lipinski definition) is 3. The molecule has 0 radical (unpaired) electrons. The van der Waals surface area contributed by atoms with Crippen molar-refractivity contribution in [3.8, 4) is 0 Å². The molecule has 0 aromatic rings. The summed E-state index contributed by atoms with van der Waals surface area (Å²) in [5.74, 6) is 1.86. The minimum absolute atomic E-state index is 0.123. The average molecular weight is 379 g/mol. The summed E-state index contributed by atoms with van der Waals surface area (Å²) >= 11 is 0. The second kappa shape index (κ2) is 7.11. The molecule has 0 heterocycles. The van der Waals surface area contributed by atoms with Gasteiger partial charge in [0.25, 0.3) is 0 Å². The molecular weight excluding hydrogens is 340 g/mol. The van der Waals surface area contributed by atoms with Crippen LogP contribution in [-0.2, 0) is 4.79 Å². The van der Waals surface area contributed by atoms with Gasteiger partial charge in [-0.1, -0.05) is 13.8 Å². The molecular formula is C23H38O4. The van der Waals surface area contributed by atoms with Gasteiger partial charge >= 0.3 is 0 Å². The summed E-state index contributed by atoms with van der Waals surface area (Å²) in [7, 11) is 0. The SMILES string of the molecule is C[C@]12CCC(O)CC1CC(O)C1C2CC(O)[C@@]2(C)C1CC[C@@H]2CCCC=O. The van der Waals surface area contributed by atoms with Crippen molar-refractivity contribution in [3.63, 3.8) is 0 Å². The molecule has 0 spiro atoms. The third kappa shape index (κ3) is 2.93. The first kappa shape index (κ1) is 19.8. The van der Waals surface area contributed by atoms with Gasteiger partial charge in [0.2, 0.25) is 0 Å². The van der Waals surface area contributed by atoms with E-state index in [1.165, 1.54) is 0 Å². The number of aldehydes is 1. The van der Waals surface area contributed by atoms with Gasteiger partial charge in [0.1, 0.15) is 6.29 Å². The van der Waals surface area contributed by atoms with E-state index in [-0.39, 0.29) is 35.1 Å². The summed E-state index contributed by atoms with van der Waals surface area (Å²) in [5, 5.41) is 32.7. The molecule has 4 fully saturated rings. The summed E-state index contributed by atoms with van der Waals surface area (Å²) in [6.45, 7) is 4.64. The van der Waals surface area contributed by atoms with Crippen LogP contribution >= 0.6 is 0 Å². The molecule has 4 heteroatoms. The predicted octanol–water partition coefficient (Wildman–Crippen LogP) is 3.32. The van der Waals surface area contributed by atoms with Gasteiger partial charge in [0, 0.05) is 6.42 Å². The number of unbranched alkanes of at least 4 members (excludes halogenated alkanes) is 1. The van der Waals surface area contributed by atoms with E-state index in [9.17, 15) is 20.1 Å². The van der Waals surface area contributed by atoms with Crippen molar-refractivity contribution in [2.24, 2.45) is 40.4 Å². The Morgan fingerprint density at radius 2 is 1.78 bits per heavy atom. The lowest BCUT2D eigenvalue weighted by molar-refractivity contribution is -0.204. The maximum absolute atomic E-state index is 11.3. The molecule has 0 aliphatic heterocycles. The van der Waals surface area contributed by atoms with Crippen molar-refractivity contribution in [2.75, 3.05) is 0 Å². The van der Waals surface area contributed by atoms with Crippen LogP contribution in [0.3, 0.4) is 0 Å². The van der Waals surface area contributed by atoms with Gasteiger partial charge in [0.05, 0.1) is 18.3 Å². The Labute approximate surface area is 163 Å². The molecule has 154 valence electrons. The minimum Gasteiger partial charge on any atom is -0.393 e. The predicted molar refractivity (Wildman–Crippen MR) is 104 cm³/mol. The Hall–Kier alpha value is -0.450. The van der Waals surface area contributed by atoms with Gasteiger partial charge in [-0.05, 0) is 98.2 Å². The number of aliphatic hydroxyl groups is 3. The number of aliphatic hydroxyl groups excluding tert-OH is 3. The summed E-state index contributed by atoms with van der Waals surface area (Å²) in [5.41, 5.74) is 0.0173. The van der Waals surface area contributed by atoms with Gasteiger partial charge in [-0.25, -0.2) is 0 Å². The van der Waals surface area contributed by atoms with Crippen molar-refractivity contribution in [1.29, 1.82) is 0 Å². The third-order valence-electron chi connectivity index (χ3n) is 9.83. The number of hydrogen-bond acceptors (Lipinski definition) is 4. The zero-order chi connectivity index (χ0) is 19.4. The van der Waals surface area contributed by atoms with Crippen LogP contribution < -0.4 is 0 Å². The van der Waals surface area contributed by atoms with E-state index in [2.05, 4.69) is 13.8 Å². The highest BCUT2D eigenvalue weighted by atomic mass is 16.3. The topological polar surface area (TPSA) is 77.8 Å². The van der Waals surface area contributed by atoms with E-state index in [1.54, 1.807) is 0 Å². The van der Waals surface area contributed by atoms with Gasteiger partial charge in [-0.15, -0.1) is 0 Å². The Kier molecular flexibility index (Phi) is 5.22. The maximum Gasteiger partial charge on any atom is 0.119 e. The van der Waals surface area contributed by atoms with Crippen LogP contribution in [0.5, 0.6) is 0 Å². The quantitative estimate of drug-likeness (QED) is 0.518. The first-order valence-corrected chi connectivity index (χ1v) is 11.3. The fourth-order valence-electron chi connectivity index (χ4n) is 8.21. The van der Waals surface area contributed by atoms with Crippen molar-refractivity contribution < 1.29 is 20.1 Å². The van der Waals surface area contributed by atoms with Crippen LogP contribution in [0.25, 0.3) is 0 Å². The molecule has 4 rings (SSSR count). The first-order valence-electron chi connectivity index (χ1n) is 11.3. The molecule has 7 unspecified atom stereocenters. The first-order chi connectivity index (χ1) is 12.8. The monoisotopic (exact) mass is 378 g/mol. The van der Waals surface area contributed by atoms with Gasteiger partial charge in [-0.3, -0.25) is 0 Å². The lowest BCUT2D eigenvalue weighted by atomic mass is 9.43. The maximum atomic E-state index is 11.3. The van der Waals surface area contributed by atoms with Crippen LogP contribution in [0.1, 0.15) is 78.1 Å². The van der Waals surface area contributed by atoms with Crippen LogP contribution in [0, 0.1) is 40.4 Å². The number of fused-ring (bicyclic) bond motifs is 5. The van der Waals surface area contributed by atoms with Crippen molar-refractivity contribution in [1.82, 2.24) is 0 Å². The fraction of sp³-hybridized carbons (Fsp3) is 0.957. The molecule has 0 saturated heterocycles. The molecule has 4 nitrogen and oxygen atoms in total. The highest BCUT2D eigenvalue weighted by Crippen LogP contribution is 2.67. The Balaban J connectivity index is 1.61. The zero-order valence-electron chi connectivity index (χ0n) is 17.0. The van der Waals surface area contributed by atoms with E-state index in [4.69, 9.17) is 0 Å². The highest BCUT2D eigenvalue weighted by molar-refractivity contribution is 5.48. The van der Waals surface area contributed by atoms with E-state index >= 15 is 0 Å². The molecule has 3 N–H and O–H groups in total. The van der Waals surface area contributed by atoms with E-state index in [0.717, 1.165) is 64.1 Å². The molecule has 0 aromatic heterocycles. The van der Waals surface area contributed by atoms with Crippen molar-refractivity contribution in [3.05, 3.63) is 0 Å². The van der Waals surface area contributed by atoms with Gasteiger partial charge < -0.3 is 20.1 Å². The minimum atomic E-state index is -0.317. The van der Waals surface area contributed by atoms with E-state index in [1.807, 2.05) is 0 Å². The molecule has 4 aliphatic rings. The molecule has 4 saturated carbocycles. The lowest BCUT2D eigenvalue weighted by Crippen LogP contribution is -2.62. The van der Waals surface area contributed by atoms with Crippen LogP contribution in [0.4, 0.5) is 0 Å². The normalized spacial score (nSPS) is 54.7.